The third kappa shape index (κ3) is 2.01. The maximum Gasteiger partial charge on any atom is 0.174 e. The van der Waals surface area contributed by atoms with Crippen LogP contribution in [0.3, 0.4) is 0 Å². The van der Waals surface area contributed by atoms with Crippen molar-refractivity contribution < 1.29 is 13.7 Å². The number of fused-ring (bicyclic) bond motifs is 1. The summed E-state index contributed by atoms with van der Waals surface area (Å²) in [6, 6.07) is 11.2. The summed E-state index contributed by atoms with van der Waals surface area (Å²) in [5.74, 6) is 0.211. The summed E-state index contributed by atoms with van der Waals surface area (Å²) in [7, 11) is 0. The summed E-state index contributed by atoms with van der Waals surface area (Å²) in [5.41, 5.74) is 1.99. The standard InChI is InChI=1S/C15H10FNO2/c1-9(18)11-4-7-14-13(8-11)15(19-17-14)10-2-5-12(16)6-3-10/h2-8H,1H3. The minimum atomic E-state index is -0.308. The van der Waals surface area contributed by atoms with E-state index in [2.05, 4.69) is 5.16 Å². The van der Waals surface area contributed by atoms with Crippen LogP contribution >= 0.6 is 0 Å². The molecular formula is C15H10FNO2. The Balaban J connectivity index is 2.21. The highest BCUT2D eigenvalue weighted by Crippen LogP contribution is 2.29. The molecule has 0 aliphatic heterocycles. The Kier molecular flexibility index (Phi) is 2.63. The van der Waals surface area contributed by atoms with Crippen LogP contribution in [0.1, 0.15) is 17.3 Å². The van der Waals surface area contributed by atoms with E-state index < -0.39 is 0 Å². The Bertz CT molecular complexity index is 759. The van der Waals surface area contributed by atoms with Gasteiger partial charge in [0.05, 0.1) is 5.39 Å². The number of ketones is 1. The number of Topliss-reactive ketones (excluding diaryl/α,β-unsaturated/α-hetero) is 1. The minimum absolute atomic E-state index is 0.0202. The first-order valence-electron chi connectivity index (χ1n) is 5.81. The van der Waals surface area contributed by atoms with E-state index in [0.29, 0.717) is 16.8 Å². The van der Waals surface area contributed by atoms with Crippen LogP contribution in [0.5, 0.6) is 0 Å². The second kappa shape index (κ2) is 4.31. The number of halogens is 1. The molecule has 0 saturated carbocycles. The maximum atomic E-state index is 12.9. The Morgan fingerprint density at radius 2 is 1.89 bits per heavy atom. The first kappa shape index (κ1) is 11.6. The van der Waals surface area contributed by atoms with E-state index in [1.165, 1.54) is 19.1 Å². The third-order valence-corrected chi connectivity index (χ3v) is 2.99. The Hall–Kier alpha value is -2.49. The Morgan fingerprint density at radius 3 is 2.58 bits per heavy atom. The zero-order chi connectivity index (χ0) is 13.4. The van der Waals surface area contributed by atoms with E-state index in [1.807, 2.05) is 0 Å². The van der Waals surface area contributed by atoms with Gasteiger partial charge >= 0.3 is 0 Å². The average Bonchev–Trinajstić information content (AvgIpc) is 2.82. The van der Waals surface area contributed by atoms with Crippen LogP contribution in [-0.4, -0.2) is 10.9 Å². The molecule has 0 spiro atoms. The summed E-state index contributed by atoms with van der Waals surface area (Å²) in [6.45, 7) is 1.51. The molecule has 0 radical (unpaired) electrons. The molecule has 0 atom stereocenters. The van der Waals surface area contributed by atoms with E-state index in [-0.39, 0.29) is 11.6 Å². The van der Waals surface area contributed by atoms with Gasteiger partial charge in [-0.2, -0.15) is 0 Å². The molecule has 94 valence electrons. The zero-order valence-electron chi connectivity index (χ0n) is 10.2. The predicted molar refractivity (Wildman–Crippen MR) is 69.4 cm³/mol. The highest BCUT2D eigenvalue weighted by molar-refractivity contribution is 6.00. The number of carbonyl (C=O) groups is 1. The Labute approximate surface area is 108 Å². The van der Waals surface area contributed by atoms with Gasteiger partial charge in [-0.05, 0) is 49.4 Å². The molecule has 2 aromatic carbocycles. The molecule has 3 nitrogen and oxygen atoms in total. The molecule has 1 heterocycles. The van der Waals surface area contributed by atoms with E-state index in [1.54, 1.807) is 30.3 Å². The van der Waals surface area contributed by atoms with Gasteiger partial charge in [0.25, 0.3) is 0 Å². The number of carbonyl (C=O) groups excluding carboxylic acids is 1. The van der Waals surface area contributed by atoms with Crippen molar-refractivity contribution in [2.45, 2.75) is 6.92 Å². The molecule has 0 saturated heterocycles. The summed E-state index contributed by atoms with van der Waals surface area (Å²) in [4.78, 5) is 11.4. The van der Waals surface area contributed by atoms with Crippen molar-refractivity contribution in [1.29, 1.82) is 0 Å². The molecule has 19 heavy (non-hydrogen) atoms. The molecule has 4 heteroatoms. The fourth-order valence-electron chi connectivity index (χ4n) is 1.97. The lowest BCUT2D eigenvalue weighted by Crippen LogP contribution is -1.90. The van der Waals surface area contributed by atoms with Crippen molar-refractivity contribution in [1.82, 2.24) is 5.16 Å². The lowest BCUT2D eigenvalue weighted by molar-refractivity contribution is 0.101. The molecule has 0 aliphatic rings. The number of hydrogen-bond acceptors (Lipinski definition) is 3. The molecule has 0 bridgehead atoms. The summed E-state index contributed by atoms with van der Waals surface area (Å²) in [6.07, 6.45) is 0. The summed E-state index contributed by atoms with van der Waals surface area (Å²) < 4.78 is 18.2. The van der Waals surface area contributed by atoms with Gasteiger partial charge in [0.1, 0.15) is 11.3 Å². The van der Waals surface area contributed by atoms with Crippen molar-refractivity contribution in [2.75, 3.05) is 0 Å². The average molecular weight is 255 g/mol. The van der Waals surface area contributed by atoms with Gasteiger partial charge in [0, 0.05) is 11.1 Å². The van der Waals surface area contributed by atoms with Gasteiger partial charge in [-0.25, -0.2) is 4.39 Å². The monoisotopic (exact) mass is 255 g/mol. The smallest absolute Gasteiger partial charge is 0.174 e. The minimum Gasteiger partial charge on any atom is -0.355 e. The van der Waals surface area contributed by atoms with Crippen LogP contribution < -0.4 is 0 Å². The van der Waals surface area contributed by atoms with Crippen LogP contribution in [0.4, 0.5) is 4.39 Å². The van der Waals surface area contributed by atoms with Crippen LogP contribution in [0.15, 0.2) is 47.0 Å². The fraction of sp³-hybridized carbons (Fsp3) is 0.0667. The summed E-state index contributed by atoms with van der Waals surface area (Å²) in [5, 5.41) is 4.69. The van der Waals surface area contributed by atoms with Crippen molar-refractivity contribution in [3.63, 3.8) is 0 Å². The highest BCUT2D eigenvalue weighted by atomic mass is 19.1. The van der Waals surface area contributed by atoms with E-state index in [9.17, 15) is 9.18 Å². The molecular weight excluding hydrogens is 245 g/mol. The van der Waals surface area contributed by atoms with Gasteiger partial charge in [-0.1, -0.05) is 5.16 Å². The van der Waals surface area contributed by atoms with Crippen LogP contribution in [0.25, 0.3) is 22.2 Å². The van der Waals surface area contributed by atoms with Gasteiger partial charge in [0.2, 0.25) is 0 Å². The summed E-state index contributed by atoms with van der Waals surface area (Å²) >= 11 is 0. The van der Waals surface area contributed by atoms with Gasteiger partial charge in [-0.15, -0.1) is 0 Å². The first-order chi connectivity index (χ1) is 9.15. The van der Waals surface area contributed by atoms with Gasteiger partial charge < -0.3 is 4.52 Å². The van der Waals surface area contributed by atoms with E-state index in [4.69, 9.17) is 4.52 Å². The van der Waals surface area contributed by atoms with E-state index >= 15 is 0 Å². The molecule has 0 aliphatic carbocycles. The van der Waals surface area contributed by atoms with Crippen LogP contribution in [-0.2, 0) is 0 Å². The van der Waals surface area contributed by atoms with Crippen molar-refractivity contribution in [2.24, 2.45) is 0 Å². The molecule has 0 unspecified atom stereocenters. The van der Waals surface area contributed by atoms with Crippen molar-refractivity contribution >= 4 is 16.7 Å². The second-order valence-corrected chi connectivity index (χ2v) is 4.31. The highest BCUT2D eigenvalue weighted by Gasteiger charge is 2.12. The lowest BCUT2D eigenvalue weighted by atomic mass is 10.0. The number of rotatable bonds is 2. The maximum absolute atomic E-state index is 12.9. The molecule has 0 fully saturated rings. The lowest BCUT2D eigenvalue weighted by Gasteiger charge is -1.98. The number of nitrogens with zero attached hydrogens (tertiary/aromatic N) is 1. The van der Waals surface area contributed by atoms with Crippen molar-refractivity contribution in [3.8, 4) is 11.3 Å². The second-order valence-electron chi connectivity index (χ2n) is 4.31. The topological polar surface area (TPSA) is 43.1 Å². The molecule has 0 amide bonds. The molecule has 1 aromatic heterocycles. The van der Waals surface area contributed by atoms with Crippen LogP contribution in [0, 0.1) is 5.82 Å². The van der Waals surface area contributed by atoms with Gasteiger partial charge in [0.15, 0.2) is 11.5 Å². The third-order valence-electron chi connectivity index (χ3n) is 2.99. The SMILES string of the molecule is CC(=O)c1ccc2noc(-c3ccc(F)cc3)c2c1. The number of benzene rings is 2. The van der Waals surface area contributed by atoms with Gasteiger partial charge in [-0.3, -0.25) is 4.79 Å². The number of aromatic nitrogens is 1. The molecule has 3 aromatic rings. The number of hydrogen-bond donors (Lipinski definition) is 0. The van der Waals surface area contributed by atoms with E-state index in [0.717, 1.165) is 10.9 Å². The largest absolute Gasteiger partial charge is 0.355 e. The molecule has 3 rings (SSSR count). The zero-order valence-corrected chi connectivity index (χ0v) is 10.2. The first-order valence-corrected chi connectivity index (χ1v) is 5.81. The van der Waals surface area contributed by atoms with Crippen LogP contribution in [0.2, 0.25) is 0 Å². The normalized spacial score (nSPS) is 10.8. The fourth-order valence-corrected chi connectivity index (χ4v) is 1.97. The Morgan fingerprint density at radius 1 is 1.16 bits per heavy atom. The predicted octanol–water partition coefficient (Wildman–Crippen LogP) is 3.84. The quantitative estimate of drug-likeness (QED) is 0.653. The van der Waals surface area contributed by atoms with Crippen molar-refractivity contribution in [3.05, 3.63) is 53.8 Å². The molecule has 0 N–H and O–H groups in total.